The van der Waals surface area contributed by atoms with Gasteiger partial charge in [-0.05, 0) is 18.2 Å². The topological polar surface area (TPSA) is 37.2 Å². The third-order valence-corrected chi connectivity index (χ3v) is 2.26. The number of fused-ring (bicyclic) bond motifs is 1. The Balaban J connectivity index is 2.96. The minimum Gasteiger partial charge on any atom is -0.331 e. The summed E-state index contributed by atoms with van der Waals surface area (Å²) in [7, 11) is 0. The van der Waals surface area contributed by atoms with E-state index in [1.807, 2.05) is 0 Å². The molecular formula is C10H5ClN2O. The molecule has 0 spiro atoms. The first-order chi connectivity index (χ1) is 6.72. The predicted octanol–water partition coefficient (Wildman–Crippen LogP) is 2.73. The third-order valence-electron chi connectivity index (χ3n) is 1.94. The molecule has 0 saturated carbocycles. The molecule has 1 aromatic carbocycles. The molecule has 1 N–H and O–H groups in total. The highest BCUT2D eigenvalue weighted by atomic mass is 35.5. The predicted molar refractivity (Wildman–Crippen MR) is 55.8 cm³/mol. The van der Waals surface area contributed by atoms with Crippen LogP contribution in [-0.2, 0) is 0 Å². The molecule has 2 rings (SSSR count). The van der Waals surface area contributed by atoms with E-state index in [2.05, 4.69) is 9.83 Å². The second-order valence-electron chi connectivity index (χ2n) is 2.80. The van der Waals surface area contributed by atoms with Crippen LogP contribution in [0.15, 0.2) is 29.1 Å². The van der Waals surface area contributed by atoms with Gasteiger partial charge in [0.2, 0.25) is 0 Å². The number of aromatic nitrogens is 1. The molecule has 0 amide bonds. The lowest BCUT2D eigenvalue weighted by molar-refractivity contribution is 1.32. The van der Waals surface area contributed by atoms with Crippen molar-refractivity contribution in [2.75, 3.05) is 0 Å². The van der Waals surface area contributed by atoms with Crippen LogP contribution >= 0.6 is 11.6 Å². The summed E-state index contributed by atoms with van der Waals surface area (Å²) in [5.74, 6) is 0. The number of hydrogen-bond acceptors (Lipinski definition) is 1. The fraction of sp³-hybridized carbons (Fsp3) is 0. The highest BCUT2D eigenvalue weighted by Gasteiger charge is 2.03. The summed E-state index contributed by atoms with van der Waals surface area (Å²) in [6.07, 6.45) is 0. The molecule has 1 heterocycles. The van der Waals surface area contributed by atoms with Gasteiger partial charge >= 0.3 is 0 Å². The van der Waals surface area contributed by atoms with Gasteiger partial charge in [-0.1, -0.05) is 17.7 Å². The Kier molecular flexibility index (Phi) is 1.99. The lowest BCUT2D eigenvalue weighted by Gasteiger charge is -1.99. The minimum absolute atomic E-state index is 0.0607. The van der Waals surface area contributed by atoms with E-state index < -0.39 is 0 Å². The number of rotatable bonds is 0. The summed E-state index contributed by atoms with van der Waals surface area (Å²) < 4.78 is 0. The first-order valence-corrected chi connectivity index (χ1v) is 4.29. The molecule has 0 aliphatic heterocycles. The average molecular weight is 205 g/mol. The monoisotopic (exact) mass is 204 g/mol. The van der Waals surface area contributed by atoms with Gasteiger partial charge in [-0.3, -0.25) is 4.79 Å². The number of hydrogen-bond donors (Lipinski definition) is 1. The van der Waals surface area contributed by atoms with E-state index in [1.165, 1.54) is 6.07 Å². The summed E-state index contributed by atoms with van der Waals surface area (Å²) >= 11 is 5.91. The van der Waals surface area contributed by atoms with E-state index in [-0.39, 0.29) is 11.2 Å². The quantitative estimate of drug-likeness (QED) is 0.659. The molecule has 0 bridgehead atoms. The number of nitrogens with zero attached hydrogens (tertiary/aromatic N) is 1. The van der Waals surface area contributed by atoms with E-state index in [4.69, 9.17) is 18.2 Å². The van der Waals surface area contributed by atoms with Crippen LogP contribution in [0.25, 0.3) is 15.7 Å². The van der Waals surface area contributed by atoms with Gasteiger partial charge in [-0.15, -0.1) is 0 Å². The number of nitrogens with one attached hydrogen (secondary N) is 1. The number of H-pyrrole nitrogens is 1. The highest BCUT2D eigenvalue weighted by molar-refractivity contribution is 6.35. The molecule has 0 aliphatic rings. The largest absolute Gasteiger partial charge is 0.331 e. The fourth-order valence-electron chi connectivity index (χ4n) is 1.26. The zero-order valence-electron chi connectivity index (χ0n) is 7.04. The Morgan fingerprint density at radius 2 is 2.21 bits per heavy atom. The SMILES string of the molecule is [C-]#[N+]c1cc2c(Cl)cccc2[nH]c1=O. The van der Waals surface area contributed by atoms with E-state index in [9.17, 15) is 4.79 Å². The zero-order valence-corrected chi connectivity index (χ0v) is 7.80. The Hall–Kier alpha value is -1.79. The standard InChI is InChI=1S/C10H5ClN2O/c1-12-9-5-6-7(11)3-2-4-8(6)13-10(9)14/h2-5H,(H,13,14). The van der Waals surface area contributed by atoms with Crippen LogP contribution in [-0.4, -0.2) is 4.98 Å². The third kappa shape index (κ3) is 1.26. The van der Waals surface area contributed by atoms with Crippen LogP contribution in [0.3, 0.4) is 0 Å². The van der Waals surface area contributed by atoms with Crippen molar-refractivity contribution < 1.29 is 0 Å². The van der Waals surface area contributed by atoms with Crippen LogP contribution in [0, 0.1) is 6.57 Å². The molecule has 2 aromatic rings. The van der Waals surface area contributed by atoms with Gasteiger partial charge < -0.3 is 4.98 Å². The number of benzene rings is 1. The van der Waals surface area contributed by atoms with Crippen molar-refractivity contribution in [1.82, 2.24) is 4.98 Å². The Morgan fingerprint density at radius 1 is 1.43 bits per heavy atom. The van der Waals surface area contributed by atoms with Crippen LogP contribution in [0.5, 0.6) is 0 Å². The lowest BCUT2D eigenvalue weighted by Crippen LogP contribution is -2.03. The minimum atomic E-state index is -0.380. The summed E-state index contributed by atoms with van der Waals surface area (Å²) in [5.41, 5.74) is 0.329. The van der Waals surface area contributed by atoms with Crippen molar-refractivity contribution in [1.29, 1.82) is 0 Å². The molecule has 4 heteroatoms. The van der Waals surface area contributed by atoms with Crippen molar-refractivity contribution in [2.24, 2.45) is 0 Å². The maximum atomic E-state index is 11.3. The van der Waals surface area contributed by atoms with Crippen molar-refractivity contribution in [3.05, 3.63) is 51.1 Å². The van der Waals surface area contributed by atoms with Gasteiger partial charge in [-0.25, -0.2) is 4.85 Å². The normalized spacial score (nSPS) is 10.0. The van der Waals surface area contributed by atoms with Crippen LogP contribution in [0.2, 0.25) is 5.02 Å². The maximum Gasteiger partial charge on any atom is 0.254 e. The molecule has 0 atom stereocenters. The van der Waals surface area contributed by atoms with Crippen molar-refractivity contribution in [3.63, 3.8) is 0 Å². The number of aromatic amines is 1. The molecular weight excluding hydrogens is 200 g/mol. The maximum absolute atomic E-state index is 11.3. The van der Waals surface area contributed by atoms with E-state index in [1.54, 1.807) is 18.2 Å². The summed E-state index contributed by atoms with van der Waals surface area (Å²) in [6, 6.07) is 6.72. The molecule has 14 heavy (non-hydrogen) atoms. The van der Waals surface area contributed by atoms with E-state index in [0.717, 1.165) is 0 Å². The van der Waals surface area contributed by atoms with Gasteiger partial charge in [0.15, 0.2) is 0 Å². The average Bonchev–Trinajstić information content (AvgIpc) is 2.17. The van der Waals surface area contributed by atoms with Gasteiger partial charge in [-0.2, -0.15) is 0 Å². The first-order valence-electron chi connectivity index (χ1n) is 3.91. The van der Waals surface area contributed by atoms with E-state index in [0.29, 0.717) is 15.9 Å². The van der Waals surface area contributed by atoms with Crippen LogP contribution in [0.1, 0.15) is 0 Å². The zero-order chi connectivity index (χ0) is 10.1. The van der Waals surface area contributed by atoms with Gasteiger partial charge in [0.1, 0.15) is 0 Å². The number of halogens is 1. The Morgan fingerprint density at radius 3 is 2.93 bits per heavy atom. The van der Waals surface area contributed by atoms with Crippen molar-refractivity contribution in [2.45, 2.75) is 0 Å². The molecule has 68 valence electrons. The first kappa shape index (κ1) is 8.79. The molecule has 0 aliphatic carbocycles. The molecule has 1 aromatic heterocycles. The summed E-state index contributed by atoms with van der Waals surface area (Å²) in [6.45, 7) is 6.79. The van der Waals surface area contributed by atoms with Crippen molar-refractivity contribution >= 4 is 28.2 Å². The van der Waals surface area contributed by atoms with Crippen LogP contribution < -0.4 is 5.56 Å². The fourth-order valence-corrected chi connectivity index (χ4v) is 1.49. The summed E-state index contributed by atoms with van der Waals surface area (Å²) in [5, 5.41) is 1.23. The molecule has 0 unspecified atom stereocenters. The molecule has 0 saturated heterocycles. The molecule has 3 nitrogen and oxygen atoms in total. The highest BCUT2D eigenvalue weighted by Crippen LogP contribution is 2.23. The molecule has 0 radical (unpaired) electrons. The van der Waals surface area contributed by atoms with Gasteiger partial charge in [0, 0.05) is 15.9 Å². The second kappa shape index (κ2) is 3.17. The van der Waals surface area contributed by atoms with Gasteiger partial charge in [0.25, 0.3) is 11.2 Å². The smallest absolute Gasteiger partial charge is 0.254 e. The Labute approximate surface area is 84.8 Å². The lowest BCUT2D eigenvalue weighted by atomic mass is 10.2. The van der Waals surface area contributed by atoms with Crippen molar-refractivity contribution in [3.8, 4) is 0 Å². The van der Waals surface area contributed by atoms with Crippen LogP contribution in [0.4, 0.5) is 5.69 Å². The Bertz CT molecular complexity index is 595. The molecule has 0 fully saturated rings. The van der Waals surface area contributed by atoms with E-state index >= 15 is 0 Å². The number of pyridine rings is 1. The van der Waals surface area contributed by atoms with Gasteiger partial charge in [0.05, 0.1) is 6.57 Å². The second-order valence-corrected chi connectivity index (χ2v) is 3.20. The summed E-state index contributed by atoms with van der Waals surface area (Å²) in [4.78, 5) is 17.0.